The monoisotopic (exact) mass is 631 g/mol. The Balaban J connectivity index is 1.05. The molecule has 0 heterocycles. The summed E-state index contributed by atoms with van der Waals surface area (Å²) in [4.78, 5) is 39.1. The number of rotatable bonds is 13. The maximum Gasteiger partial charge on any atom is 0.223 e. The van der Waals surface area contributed by atoms with Crippen molar-refractivity contribution >= 4 is 30.1 Å². The van der Waals surface area contributed by atoms with Gasteiger partial charge in [0.25, 0.3) is 0 Å². The average molecular weight is 632 g/mol. The fourth-order valence-electron chi connectivity index (χ4n) is 9.24. The van der Waals surface area contributed by atoms with Crippen molar-refractivity contribution in [2.75, 3.05) is 25.5 Å². The minimum Gasteiger partial charge on any atom is -0.378 e. The zero-order valence-electron chi connectivity index (χ0n) is 27.4. The van der Waals surface area contributed by atoms with Gasteiger partial charge in [0.15, 0.2) is 0 Å². The Labute approximate surface area is 272 Å². The standard InChI is InChI=1S/C37H61NO5S/c39-35(28-7-3-1-4-8-28)30-15-11-26(12-16-30)24-42-33-21-32(37(41)38-19-20-44)22-34(23-33)43-25-27-13-17-31(18-14-27)36(40)29-9-5-2-6-10-29/h26-34,44H,1-25H2,(H,38,41). The van der Waals surface area contributed by atoms with E-state index >= 15 is 0 Å². The number of nitrogens with one attached hydrogen (secondary N) is 1. The van der Waals surface area contributed by atoms with Crippen molar-refractivity contribution in [3.63, 3.8) is 0 Å². The molecule has 0 aliphatic heterocycles. The van der Waals surface area contributed by atoms with E-state index in [4.69, 9.17) is 9.47 Å². The van der Waals surface area contributed by atoms with Crippen LogP contribution < -0.4 is 5.32 Å². The number of hydrogen-bond donors (Lipinski definition) is 2. The van der Waals surface area contributed by atoms with Gasteiger partial charge in [-0.05, 0) is 108 Å². The van der Waals surface area contributed by atoms with Gasteiger partial charge in [-0.15, -0.1) is 0 Å². The van der Waals surface area contributed by atoms with Gasteiger partial charge in [-0.1, -0.05) is 38.5 Å². The highest BCUT2D eigenvalue weighted by Crippen LogP contribution is 2.38. The Kier molecular flexibility index (Phi) is 14.0. The zero-order chi connectivity index (χ0) is 30.7. The van der Waals surface area contributed by atoms with Gasteiger partial charge in [0.05, 0.1) is 12.2 Å². The Morgan fingerprint density at radius 1 is 0.523 bits per heavy atom. The number of carbonyl (C=O) groups excluding carboxylic acids is 3. The van der Waals surface area contributed by atoms with E-state index in [9.17, 15) is 14.4 Å². The lowest BCUT2D eigenvalue weighted by Gasteiger charge is -2.37. The van der Waals surface area contributed by atoms with Crippen LogP contribution in [0.2, 0.25) is 0 Å². The van der Waals surface area contributed by atoms with Crippen molar-refractivity contribution in [3.8, 4) is 0 Å². The normalized spacial score (nSPS) is 34.3. The lowest BCUT2D eigenvalue weighted by atomic mass is 9.74. The largest absolute Gasteiger partial charge is 0.378 e. The molecule has 5 aliphatic carbocycles. The molecule has 0 aromatic heterocycles. The first kappa shape index (κ1) is 34.4. The molecule has 1 amide bonds. The SMILES string of the molecule is O=C(NCCS)C1CC(OCC2CCC(C(=O)C3CCCCC3)CC2)CC(OCC2CCC(C(=O)C3CCCCC3)CC2)C1. The second kappa shape index (κ2) is 17.8. The van der Waals surface area contributed by atoms with Crippen molar-refractivity contribution in [3.05, 3.63) is 0 Å². The first-order valence-electron chi connectivity index (χ1n) is 18.7. The number of Topliss-reactive ketones (excluding diaryl/α,β-unsaturated/α-hetero) is 2. The highest BCUT2D eigenvalue weighted by atomic mass is 32.1. The van der Waals surface area contributed by atoms with E-state index in [0.29, 0.717) is 47.5 Å². The van der Waals surface area contributed by atoms with Crippen molar-refractivity contribution in [2.24, 2.45) is 41.4 Å². The fourth-order valence-corrected chi connectivity index (χ4v) is 9.35. The Morgan fingerprint density at radius 2 is 0.932 bits per heavy atom. The Hall–Kier alpha value is -0.920. The fraction of sp³-hybridized carbons (Fsp3) is 0.919. The van der Waals surface area contributed by atoms with Crippen LogP contribution in [0.5, 0.6) is 0 Å². The second-order valence-electron chi connectivity index (χ2n) is 15.2. The van der Waals surface area contributed by atoms with E-state index in [2.05, 4.69) is 17.9 Å². The molecule has 2 atom stereocenters. The van der Waals surface area contributed by atoms with E-state index in [-0.39, 0.29) is 35.9 Å². The molecule has 7 heteroatoms. The van der Waals surface area contributed by atoms with E-state index in [0.717, 1.165) is 110 Å². The van der Waals surface area contributed by atoms with Gasteiger partial charge in [-0.2, -0.15) is 12.6 Å². The van der Waals surface area contributed by atoms with Gasteiger partial charge in [0.2, 0.25) is 5.91 Å². The first-order chi connectivity index (χ1) is 21.5. The molecule has 6 nitrogen and oxygen atoms in total. The van der Waals surface area contributed by atoms with Crippen molar-refractivity contribution in [1.82, 2.24) is 5.32 Å². The predicted molar refractivity (Wildman–Crippen MR) is 178 cm³/mol. The third-order valence-electron chi connectivity index (χ3n) is 12.1. The van der Waals surface area contributed by atoms with Crippen LogP contribution in [0, 0.1) is 41.4 Å². The van der Waals surface area contributed by atoms with Crippen LogP contribution in [-0.4, -0.2) is 55.2 Å². The van der Waals surface area contributed by atoms with Crippen LogP contribution in [-0.2, 0) is 23.9 Å². The Morgan fingerprint density at radius 3 is 1.34 bits per heavy atom. The quantitative estimate of drug-likeness (QED) is 0.206. The second-order valence-corrected chi connectivity index (χ2v) is 15.7. The number of carbonyl (C=O) groups is 3. The molecule has 0 spiro atoms. The maximum absolute atomic E-state index is 13.1. The summed E-state index contributed by atoms with van der Waals surface area (Å²) in [6.07, 6.45) is 22.7. The summed E-state index contributed by atoms with van der Waals surface area (Å²) in [6, 6.07) is 0. The molecule has 5 fully saturated rings. The average Bonchev–Trinajstić information content (AvgIpc) is 3.09. The van der Waals surface area contributed by atoms with E-state index in [1.165, 1.54) is 38.5 Å². The first-order valence-corrected chi connectivity index (χ1v) is 19.3. The summed E-state index contributed by atoms with van der Waals surface area (Å²) in [5.41, 5.74) is 0. The molecule has 5 aliphatic rings. The molecule has 250 valence electrons. The topological polar surface area (TPSA) is 81.7 Å². The van der Waals surface area contributed by atoms with E-state index < -0.39 is 0 Å². The summed E-state index contributed by atoms with van der Waals surface area (Å²) in [6.45, 7) is 2.04. The van der Waals surface area contributed by atoms with Crippen molar-refractivity contribution in [2.45, 2.75) is 147 Å². The van der Waals surface area contributed by atoms with Gasteiger partial charge in [-0.25, -0.2) is 0 Å². The molecule has 0 radical (unpaired) electrons. The maximum atomic E-state index is 13.1. The van der Waals surface area contributed by atoms with Crippen LogP contribution in [0.3, 0.4) is 0 Å². The number of amides is 1. The molecule has 5 rings (SSSR count). The molecule has 0 aromatic carbocycles. The molecular formula is C37H61NO5S. The van der Waals surface area contributed by atoms with Gasteiger partial charge in [0.1, 0.15) is 11.6 Å². The minimum atomic E-state index is -0.0914. The highest BCUT2D eigenvalue weighted by Gasteiger charge is 2.37. The lowest BCUT2D eigenvalue weighted by Crippen LogP contribution is -2.42. The lowest BCUT2D eigenvalue weighted by molar-refractivity contribution is -0.134. The molecule has 0 saturated heterocycles. The number of hydrogen-bond acceptors (Lipinski definition) is 6. The van der Waals surface area contributed by atoms with Crippen LogP contribution in [0.1, 0.15) is 135 Å². The van der Waals surface area contributed by atoms with Crippen molar-refractivity contribution < 1.29 is 23.9 Å². The molecule has 0 bridgehead atoms. The van der Waals surface area contributed by atoms with Crippen LogP contribution in [0.25, 0.3) is 0 Å². The summed E-state index contributed by atoms with van der Waals surface area (Å²) in [5.74, 6) is 3.95. The molecule has 1 N–H and O–H groups in total. The summed E-state index contributed by atoms with van der Waals surface area (Å²) in [7, 11) is 0. The van der Waals surface area contributed by atoms with Gasteiger partial charge in [0, 0.05) is 55.1 Å². The van der Waals surface area contributed by atoms with Crippen LogP contribution in [0.4, 0.5) is 0 Å². The van der Waals surface area contributed by atoms with Crippen LogP contribution >= 0.6 is 12.6 Å². The third kappa shape index (κ3) is 10.0. The molecule has 2 unspecified atom stereocenters. The molecule has 0 aromatic rings. The highest BCUT2D eigenvalue weighted by molar-refractivity contribution is 7.80. The number of ketones is 2. The van der Waals surface area contributed by atoms with E-state index in [1.807, 2.05) is 0 Å². The van der Waals surface area contributed by atoms with Crippen LogP contribution in [0.15, 0.2) is 0 Å². The van der Waals surface area contributed by atoms with E-state index in [1.54, 1.807) is 0 Å². The minimum absolute atomic E-state index is 0.0333. The Bertz CT molecular complexity index is 838. The smallest absolute Gasteiger partial charge is 0.223 e. The van der Waals surface area contributed by atoms with Gasteiger partial charge < -0.3 is 14.8 Å². The summed E-state index contributed by atoms with van der Waals surface area (Å²) >= 11 is 4.27. The molecule has 44 heavy (non-hydrogen) atoms. The van der Waals surface area contributed by atoms with Gasteiger partial charge in [-0.3, -0.25) is 14.4 Å². The third-order valence-corrected chi connectivity index (χ3v) is 12.3. The molecular weight excluding hydrogens is 570 g/mol. The zero-order valence-corrected chi connectivity index (χ0v) is 28.3. The summed E-state index contributed by atoms with van der Waals surface area (Å²) < 4.78 is 13.1. The van der Waals surface area contributed by atoms with Crippen molar-refractivity contribution in [1.29, 1.82) is 0 Å². The van der Waals surface area contributed by atoms with Gasteiger partial charge >= 0.3 is 0 Å². The summed E-state index contributed by atoms with van der Waals surface area (Å²) in [5, 5.41) is 3.05. The number of ether oxygens (including phenoxy) is 2. The molecule has 5 saturated carbocycles. The number of thiol groups is 1. The predicted octanol–water partition coefficient (Wildman–Crippen LogP) is 7.51.